The largest absolute Gasteiger partial charge is 0.371 e. The van der Waals surface area contributed by atoms with E-state index in [-0.39, 0.29) is 20.1 Å². The molecule has 3 aromatic carbocycles. The minimum atomic E-state index is 0. The summed E-state index contributed by atoms with van der Waals surface area (Å²) in [7, 11) is 0. The van der Waals surface area contributed by atoms with E-state index in [1.54, 1.807) is 12.1 Å². The van der Waals surface area contributed by atoms with Gasteiger partial charge in [0.1, 0.15) is 6.57 Å². The Balaban J connectivity index is 0.000000169. The van der Waals surface area contributed by atoms with Crippen LogP contribution in [-0.4, -0.2) is 14.5 Å². The molecular formula is C29H20IrN4-2. The fourth-order valence-corrected chi connectivity index (χ4v) is 3.92. The van der Waals surface area contributed by atoms with Crippen molar-refractivity contribution < 1.29 is 20.1 Å². The molecule has 2 aromatic heterocycles. The third-order valence-electron chi connectivity index (χ3n) is 5.58. The van der Waals surface area contributed by atoms with Gasteiger partial charge in [0.25, 0.3) is 0 Å². The summed E-state index contributed by atoms with van der Waals surface area (Å²) < 4.78 is 2.18. The van der Waals surface area contributed by atoms with Gasteiger partial charge in [0, 0.05) is 45.2 Å². The van der Waals surface area contributed by atoms with Gasteiger partial charge < -0.3 is 9.55 Å². The molecule has 0 N–H and O–H groups in total. The number of aryl methyl sites for hydroxylation is 2. The van der Waals surface area contributed by atoms with Gasteiger partial charge in [0.2, 0.25) is 5.69 Å². The Bertz CT molecular complexity index is 1420. The van der Waals surface area contributed by atoms with Crippen molar-refractivity contribution in [3.05, 3.63) is 127 Å². The zero-order valence-electron chi connectivity index (χ0n) is 18.3. The first-order chi connectivity index (χ1) is 16.3. The molecule has 0 amide bonds. The number of fused-ring (bicyclic) bond motifs is 3. The van der Waals surface area contributed by atoms with Gasteiger partial charge in [-0.05, 0) is 28.8 Å². The zero-order chi connectivity index (χ0) is 22.5. The van der Waals surface area contributed by atoms with Crippen LogP contribution in [0, 0.1) is 18.7 Å². The van der Waals surface area contributed by atoms with Crippen LogP contribution >= 0.6 is 0 Å². The van der Waals surface area contributed by atoms with Crippen molar-refractivity contribution >= 4 is 5.69 Å². The van der Waals surface area contributed by atoms with Crippen LogP contribution < -0.4 is 0 Å². The van der Waals surface area contributed by atoms with Crippen molar-refractivity contribution in [1.29, 1.82) is 0 Å². The average molecular weight is 617 g/mol. The minimum absolute atomic E-state index is 0. The van der Waals surface area contributed by atoms with E-state index < -0.39 is 0 Å². The SMILES string of the molecule is [C-]#[N+]c1ccc[c-]c1-c1ccc(-c2ccccc2)cn1.[Ir].[c-]1cccc2c1-c1nccn1CC2. The van der Waals surface area contributed by atoms with Gasteiger partial charge in [-0.2, -0.15) is 4.85 Å². The van der Waals surface area contributed by atoms with Gasteiger partial charge in [-0.15, -0.1) is 53.6 Å². The predicted molar refractivity (Wildman–Crippen MR) is 130 cm³/mol. The van der Waals surface area contributed by atoms with Crippen LogP contribution in [-0.2, 0) is 33.1 Å². The van der Waals surface area contributed by atoms with Gasteiger partial charge in [0.15, 0.2) is 0 Å². The monoisotopic (exact) mass is 617 g/mol. The second-order valence-corrected chi connectivity index (χ2v) is 7.60. The van der Waals surface area contributed by atoms with Crippen LogP contribution in [0.1, 0.15) is 5.56 Å². The van der Waals surface area contributed by atoms with Gasteiger partial charge in [-0.25, -0.2) is 0 Å². The van der Waals surface area contributed by atoms with Crippen molar-refractivity contribution in [3.63, 3.8) is 0 Å². The molecular weight excluding hydrogens is 597 g/mol. The van der Waals surface area contributed by atoms with Gasteiger partial charge in [0.05, 0.1) is 5.82 Å². The van der Waals surface area contributed by atoms with Crippen LogP contribution in [0.3, 0.4) is 0 Å². The number of nitrogens with zero attached hydrogens (tertiary/aromatic N) is 4. The van der Waals surface area contributed by atoms with Crippen LogP contribution in [0.25, 0.3) is 38.6 Å². The first-order valence-electron chi connectivity index (χ1n) is 10.7. The normalized spacial score (nSPS) is 11.0. The first kappa shape index (κ1) is 23.3. The number of imidazole rings is 1. The molecule has 3 heterocycles. The topological polar surface area (TPSA) is 35.1 Å². The van der Waals surface area contributed by atoms with E-state index in [0.717, 1.165) is 41.2 Å². The summed E-state index contributed by atoms with van der Waals surface area (Å²) >= 11 is 0. The molecule has 0 atom stereocenters. The molecule has 0 fully saturated rings. The average Bonchev–Trinajstić information content (AvgIpc) is 3.39. The number of benzene rings is 3. The van der Waals surface area contributed by atoms with E-state index in [1.165, 1.54) is 11.1 Å². The molecule has 5 aromatic rings. The standard InChI is InChI=1S/C18H11N2.C11H9N2.Ir/c1-19-17-10-6-5-9-16(17)18-12-11-15(13-20-18)14-7-3-2-4-8-14;1-2-4-10-9(3-1)5-7-13-8-6-12-11(10)13;/h2-8,10-13H;1-3,6,8H,5,7H2;/q2*-1;. The molecule has 0 spiro atoms. The molecule has 6 rings (SSSR count). The van der Waals surface area contributed by atoms with Crippen molar-refractivity contribution in [2.75, 3.05) is 0 Å². The van der Waals surface area contributed by atoms with E-state index in [9.17, 15) is 0 Å². The Morgan fingerprint density at radius 1 is 0.824 bits per heavy atom. The molecule has 5 heteroatoms. The maximum atomic E-state index is 7.19. The van der Waals surface area contributed by atoms with Gasteiger partial charge in [-0.3, -0.25) is 4.98 Å². The van der Waals surface area contributed by atoms with Crippen molar-refractivity contribution in [2.45, 2.75) is 13.0 Å². The third-order valence-corrected chi connectivity index (χ3v) is 5.58. The Hall–Kier alpha value is -3.84. The molecule has 0 unspecified atom stereocenters. The summed E-state index contributed by atoms with van der Waals surface area (Å²) in [5.41, 5.74) is 6.83. The first-order valence-corrected chi connectivity index (χ1v) is 10.7. The van der Waals surface area contributed by atoms with Crippen molar-refractivity contribution in [3.8, 4) is 33.8 Å². The fraction of sp³-hybridized carbons (Fsp3) is 0.0690. The number of hydrogen-bond acceptors (Lipinski definition) is 2. The molecule has 0 saturated carbocycles. The Kier molecular flexibility index (Phi) is 7.44. The second-order valence-electron chi connectivity index (χ2n) is 7.60. The molecule has 1 radical (unpaired) electrons. The molecule has 167 valence electrons. The molecule has 0 bridgehead atoms. The van der Waals surface area contributed by atoms with E-state index in [0.29, 0.717) is 5.69 Å². The maximum Gasteiger partial charge on any atom is 0.235 e. The van der Waals surface area contributed by atoms with Crippen LogP contribution in [0.2, 0.25) is 0 Å². The van der Waals surface area contributed by atoms with Crippen LogP contribution in [0.15, 0.2) is 97.5 Å². The summed E-state index contributed by atoms with van der Waals surface area (Å²) in [5.74, 6) is 1.06. The third kappa shape index (κ3) is 4.89. The number of aromatic nitrogens is 3. The Morgan fingerprint density at radius 3 is 2.38 bits per heavy atom. The van der Waals surface area contributed by atoms with Gasteiger partial charge >= 0.3 is 0 Å². The number of pyridine rings is 1. The van der Waals surface area contributed by atoms with E-state index in [2.05, 4.69) is 49.7 Å². The van der Waals surface area contributed by atoms with Crippen molar-refractivity contribution in [1.82, 2.24) is 14.5 Å². The molecule has 34 heavy (non-hydrogen) atoms. The Morgan fingerprint density at radius 2 is 1.62 bits per heavy atom. The summed E-state index contributed by atoms with van der Waals surface area (Å²) in [4.78, 5) is 12.3. The summed E-state index contributed by atoms with van der Waals surface area (Å²) in [6.07, 6.45) is 6.81. The second kappa shape index (κ2) is 10.9. The molecule has 1 aliphatic rings. The maximum absolute atomic E-state index is 7.19. The number of hydrogen-bond donors (Lipinski definition) is 0. The zero-order valence-corrected chi connectivity index (χ0v) is 20.7. The predicted octanol–water partition coefficient (Wildman–Crippen LogP) is 6.67. The molecule has 0 aliphatic carbocycles. The van der Waals surface area contributed by atoms with Crippen LogP contribution in [0.5, 0.6) is 0 Å². The van der Waals surface area contributed by atoms with E-state index in [4.69, 9.17) is 6.57 Å². The Labute approximate surface area is 213 Å². The minimum Gasteiger partial charge on any atom is -0.371 e. The van der Waals surface area contributed by atoms with Crippen LogP contribution in [0.4, 0.5) is 5.69 Å². The molecule has 1 aliphatic heterocycles. The quantitative estimate of drug-likeness (QED) is 0.208. The summed E-state index contributed by atoms with van der Waals surface area (Å²) in [6, 6.07) is 31.9. The summed E-state index contributed by atoms with van der Waals surface area (Å²) in [6.45, 7) is 8.23. The van der Waals surface area contributed by atoms with Gasteiger partial charge in [-0.1, -0.05) is 48.5 Å². The summed E-state index contributed by atoms with van der Waals surface area (Å²) in [5, 5.41) is 0. The fourth-order valence-electron chi connectivity index (χ4n) is 3.92. The molecule has 4 nitrogen and oxygen atoms in total. The van der Waals surface area contributed by atoms with E-state index >= 15 is 0 Å². The van der Waals surface area contributed by atoms with Crippen molar-refractivity contribution in [2.24, 2.45) is 0 Å². The molecule has 0 saturated heterocycles. The number of rotatable bonds is 2. The van der Waals surface area contributed by atoms with E-state index in [1.807, 2.05) is 67.1 Å². The smallest absolute Gasteiger partial charge is 0.235 e.